The first kappa shape index (κ1) is 33.4. The first-order valence-corrected chi connectivity index (χ1v) is 16.0. The molecule has 0 spiro atoms. The molecule has 10 rings (SSSR count). The van der Waals surface area contributed by atoms with Crippen molar-refractivity contribution < 1.29 is 22.1 Å². The molecule has 0 aliphatic carbocycles. The molecule has 9 aromatic heterocycles. The van der Waals surface area contributed by atoms with Crippen LogP contribution < -0.4 is 0 Å². The third kappa shape index (κ3) is 8.70. The van der Waals surface area contributed by atoms with Crippen molar-refractivity contribution in [2.45, 2.75) is 34.6 Å². The van der Waals surface area contributed by atoms with Crippen LogP contribution in [0.4, 0.5) is 0 Å². The van der Waals surface area contributed by atoms with E-state index >= 15 is 0 Å². The summed E-state index contributed by atoms with van der Waals surface area (Å²) < 4.78 is 26.6. The van der Waals surface area contributed by atoms with E-state index in [0.717, 1.165) is 78.5 Å². The minimum absolute atomic E-state index is 0.722. The summed E-state index contributed by atoms with van der Waals surface area (Å²) in [4.78, 5) is 16.0. The number of furan rings is 5. The Labute approximate surface area is 288 Å². The number of fused-ring (bicyclic) bond motifs is 5. The zero-order chi connectivity index (χ0) is 34.9. The number of nitrogens with zero attached hydrogens (tertiary/aromatic N) is 4. The maximum Gasteiger partial charge on any atom is 0.226 e. The van der Waals surface area contributed by atoms with Gasteiger partial charge in [0.1, 0.15) is 45.5 Å². The summed E-state index contributed by atoms with van der Waals surface area (Å²) in [5.41, 5.74) is 5.26. The Bertz CT molecular complexity index is 2000. The van der Waals surface area contributed by atoms with Crippen molar-refractivity contribution in [2.24, 2.45) is 0 Å². The summed E-state index contributed by atoms with van der Waals surface area (Å²) in [6, 6.07) is 29.4. The molecule has 0 atom stereocenters. The van der Waals surface area contributed by atoms with Crippen molar-refractivity contribution in [2.75, 3.05) is 0 Å². The molecule has 0 unspecified atom stereocenters. The van der Waals surface area contributed by atoms with Crippen LogP contribution in [-0.4, -0.2) is 19.9 Å². The highest BCUT2D eigenvalue weighted by Crippen LogP contribution is 2.19. The molecule has 1 aromatic carbocycles. The second kappa shape index (κ2) is 15.6. The summed E-state index contributed by atoms with van der Waals surface area (Å²) >= 11 is 0. The topological polar surface area (TPSA) is 117 Å². The predicted molar refractivity (Wildman–Crippen MR) is 196 cm³/mol. The zero-order valence-electron chi connectivity index (χ0n) is 28.5. The summed E-state index contributed by atoms with van der Waals surface area (Å²) in [5, 5.41) is 4.44. The number of hydrogen-bond donors (Lipinski definition) is 0. The molecular formula is C41H36N4O5. The van der Waals surface area contributed by atoms with Crippen LogP contribution in [0.5, 0.6) is 0 Å². The Morgan fingerprint density at radius 3 is 1.62 bits per heavy atom. The molecule has 0 saturated carbocycles. The zero-order valence-corrected chi connectivity index (χ0v) is 28.5. The highest BCUT2D eigenvalue weighted by atomic mass is 16.4. The molecule has 9 nitrogen and oxygen atoms in total. The predicted octanol–water partition coefficient (Wildman–Crippen LogP) is 11.3. The van der Waals surface area contributed by atoms with E-state index in [0.29, 0.717) is 0 Å². The number of para-hydroxylation sites is 1. The van der Waals surface area contributed by atoms with E-state index in [-0.39, 0.29) is 0 Å². The number of rotatable bonds is 0. The number of aromatic nitrogens is 4. The van der Waals surface area contributed by atoms with Crippen LogP contribution in [0.2, 0.25) is 0 Å². The van der Waals surface area contributed by atoms with Crippen LogP contribution in [0.3, 0.4) is 0 Å². The molecule has 0 N–H and O–H groups in total. The lowest BCUT2D eigenvalue weighted by Crippen LogP contribution is -1.66. The van der Waals surface area contributed by atoms with Gasteiger partial charge in [0, 0.05) is 58.6 Å². The second-order valence-electron chi connectivity index (χ2n) is 11.4. The number of pyridine rings is 4. The van der Waals surface area contributed by atoms with Crippen LogP contribution in [-0.2, 0) is 0 Å². The maximum absolute atomic E-state index is 5.37. The summed E-state index contributed by atoms with van der Waals surface area (Å²) in [5.74, 6) is 4.66. The highest BCUT2D eigenvalue weighted by molar-refractivity contribution is 5.78. The molecule has 0 amide bonds. The van der Waals surface area contributed by atoms with E-state index in [4.69, 9.17) is 22.1 Å². The van der Waals surface area contributed by atoms with Gasteiger partial charge >= 0.3 is 0 Å². The monoisotopic (exact) mass is 664 g/mol. The van der Waals surface area contributed by atoms with E-state index < -0.39 is 0 Å². The molecule has 0 fully saturated rings. The van der Waals surface area contributed by atoms with Gasteiger partial charge in [-0.3, -0.25) is 15.0 Å². The van der Waals surface area contributed by atoms with Gasteiger partial charge in [0.15, 0.2) is 11.2 Å². The molecule has 0 radical (unpaired) electrons. The van der Waals surface area contributed by atoms with Gasteiger partial charge in [-0.2, -0.15) is 0 Å². The number of benzene rings is 1. The molecule has 0 aliphatic heterocycles. The Hall–Kier alpha value is -6.48. The Morgan fingerprint density at radius 2 is 0.900 bits per heavy atom. The molecule has 0 bridgehead atoms. The molecular weight excluding hydrogens is 628 g/mol. The maximum atomic E-state index is 5.37. The molecule has 0 saturated heterocycles. The fraction of sp³-hybridized carbons (Fsp3) is 0.122. The third-order valence-corrected chi connectivity index (χ3v) is 7.26. The lowest BCUT2D eigenvalue weighted by molar-refractivity contribution is 0.567. The smallest absolute Gasteiger partial charge is 0.226 e. The fourth-order valence-corrected chi connectivity index (χ4v) is 5.14. The third-order valence-electron chi connectivity index (χ3n) is 7.26. The van der Waals surface area contributed by atoms with Crippen molar-refractivity contribution >= 4 is 55.1 Å². The molecule has 250 valence electrons. The summed E-state index contributed by atoms with van der Waals surface area (Å²) in [7, 11) is 0. The normalized spacial score (nSPS) is 10.5. The van der Waals surface area contributed by atoms with Gasteiger partial charge < -0.3 is 22.1 Å². The van der Waals surface area contributed by atoms with Gasteiger partial charge in [-0.05, 0) is 101 Å². The minimum atomic E-state index is 0.722. The first-order valence-electron chi connectivity index (χ1n) is 16.0. The standard InChI is InChI=1S/C9H8O.4C8H7NO/c1-7-6-8-4-2-3-5-9(8)10-7;1-6-4-7-5-9-3-2-8(7)10-6;1-6-4-7-2-3-9-5-8(7)10-6;1-6-5-7-8(10-6)3-2-4-9-7;1-6-5-7-3-2-4-9-8(7)10-6/h2-6H,1H3;4*2-5H,1H3. The van der Waals surface area contributed by atoms with Crippen molar-refractivity contribution in [1.29, 1.82) is 0 Å². The summed E-state index contributed by atoms with van der Waals surface area (Å²) in [6.45, 7) is 9.66. The Balaban J connectivity index is 0.000000108. The highest BCUT2D eigenvalue weighted by Gasteiger charge is 2.00. The van der Waals surface area contributed by atoms with Gasteiger partial charge in [-0.15, -0.1) is 0 Å². The SMILES string of the molecule is Cc1cc2ccccc2o1.Cc1cc2cccnc2o1.Cc1cc2ccncc2o1.Cc1cc2cnccc2o1.Cc1cc2ncccc2o1. The number of aryl methyl sites for hydroxylation is 5. The van der Waals surface area contributed by atoms with Gasteiger partial charge in [-0.1, -0.05) is 18.2 Å². The lowest BCUT2D eigenvalue weighted by atomic mass is 10.2. The van der Waals surface area contributed by atoms with Crippen LogP contribution in [0, 0.1) is 34.6 Å². The van der Waals surface area contributed by atoms with E-state index in [2.05, 4.69) is 19.9 Å². The van der Waals surface area contributed by atoms with Crippen molar-refractivity contribution in [3.63, 3.8) is 0 Å². The van der Waals surface area contributed by atoms with Crippen LogP contribution in [0.15, 0.2) is 150 Å². The largest absolute Gasteiger partial charge is 0.461 e. The second-order valence-corrected chi connectivity index (χ2v) is 11.4. The van der Waals surface area contributed by atoms with Crippen LogP contribution in [0.25, 0.3) is 55.1 Å². The van der Waals surface area contributed by atoms with E-state index in [1.165, 1.54) is 5.39 Å². The van der Waals surface area contributed by atoms with E-state index in [1.54, 1.807) is 37.2 Å². The van der Waals surface area contributed by atoms with Crippen molar-refractivity contribution in [1.82, 2.24) is 19.9 Å². The van der Waals surface area contributed by atoms with Crippen molar-refractivity contribution in [3.05, 3.63) is 157 Å². The average Bonchev–Trinajstić information content (AvgIpc) is 3.93. The molecule has 50 heavy (non-hydrogen) atoms. The van der Waals surface area contributed by atoms with E-state index in [1.807, 2.05) is 126 Å². The van der Waals surface area contributed by atoms with Crippen LogP contribution in [0.1, 0.15) is 28.8 Å². The van der Waals surface area contributed by atoms with Gasteiger partial charge in [-0.25, -0.2) is 4.98 Å². The fourth-order valence-electron chi connectivity index (χ4n) is 5.14. The van der Waals surface area contributed by atoms with Crippen molar-refractivity contribution in [3.8, 4) is 0 Å². The molecule has 9 heteroatoms. The molecule has 0 aliphatic rings. The van der Waals surface area contributed by atoms with Gasteiger partial charge in [0.25, 0.3) is 0 Å². The van der Waals surface area contributed by atoms with Crippen LogP contribution >= 0.6 is 0 Å². The molecule has 10 aromatic rings. The Kier molecular flexibility index (Phi) is 10.4. The molecule has 9 heterocycles. The Morgan fingerprint density at radius 1 is 0.380 bits per heavy atom. The van der Waals surface area contributed by atoms with E-state index in [9.17, 15) is 0 Å². The lowest BCUT2D eigenvalue weighted by Gasteiger charge is -1.82. The van der Waals surface area contributed by atoms with Gasteiger partial charge in [0.2, 0.25) is 5.71 Å². The van der Waals surface area contributed by atoms with Gasteiger partial charge in [0.05, 0.1) is 6.20 Å². The quantitative estimate of drug-likeness (QED) is 0.156. The summed E-state index contributed by atoms with van der Waals surface area (Å²) in [6.07, 6.45) is 10.5. The average molecular weight is 665 g/mol. The number of hydrogen-bond acceptors (Lipinski definition) is 9. The first-order chi connectivity index (χ1) is 24.3. The minimum Gasteiger partial charge on any atom is -0.461 e.